The molecule has 1 aliphatic rings. The lowest BCUT2D eigenvalue weighted by Gasteiger charge is -2.01. The van der Waals surface area contributed by atoms with Crippen LogP contribution in [0.25, 0.3) is 6.08 Å². The number of nitriles is 1. The first-order valence-corrected chi connectivity index (χ1v) is 7.92. The number of ether oxygens (including phenoxy) is 1. The molecule has 0 saturated heterocycles. The number of benzene rings is 1. The zero-order chi connectivity index (χ0) is 16.2. The maximum Gasteiger partial charge on any atom is 0.268 e. The summed E-state index contributed by atoms with van der Waals surface area (Å²) in [6, 6.07) is 9.01. The molecule has 1 heterocycles. The predicted molar refractivity (Wildman–Crippen MR) is 87.1 cm³/mol. The Morgan fingerprint density at radius 1 is 1.39 bits per heavy atom. The van der Waals surface area contributed by atoms with E-state index in [0.717, 1.165) is 23.4 Å². The molecule has 0 spiro atoms. The molecule has 1 amide bonds. The molecule has 1 aromatic carbocycles. The Kier molecular flexibility index (Phi) is 4.35. The predicted octanol–water partition coefficient (Wildman–Crippen LogP) is 2.97. The number of nitrogens with zero attached hydrogens (tertiary/aromatic N) is 3. The lowest BCUT2D eigenvalue weighted by molar-refractivity contribution is -0.112. The molecule has 1 saturated carbocycles. The standard InChI is InChI=1S/C16H14N4O2S/c1-22-13-6-2-10(3-7-13)8-12(9-17)14(21)18-16-20-19-15(23-16)11-4-5-11/h2-3,6-8,11H,4-5H2,1H3,(H,18,20,21)/b12-8+. The van der Waals surface area contributed by atoms with Crippen molar-refractivity contribution in [2.75, 3.05) is 12.4 Å². The fraction of sp³-hybridized carbons (Fsp3) is 0.250. The fourth-order valence-electron chi connectivity index (χ4n) is 1.96. The third-order valence-electron chi connectivity index (χ3n) is 3.38. The van der Waals surface area contributed by atoms with Gasteiger partial charge in [-0.25, -0.2) is 0 Å². The summed E-state index contributed by atoms with van der Waals surface area (Å²) in [6.45, 7) is 0. The lowest BCUT2D eigenvalue weighted by atomic mass is 10.1. The van der Waals surface area contributed by atoms with Crippen molar-refractivity contribution in [3.8, 4) is 11.8 Å². The van der Waals surface area contributed by atoms with Crippen LogP contribution in [0.15, 0.2) is 29.8 Å². The molecular weight excluding hydrogens is 312 g/mol. The first-order valence-electron chi connectivity index (χ1n) is 7.10. The highest BCUT2D eigenvalue weighted by Crippen LogP contribution is 2.42. The van der Waals surface area contributed by atoms with Crippen molar-refractivity contribution >= 4 is 28.5 Å². The van der Waals surface area contributed by atoms with Crippen LogP contribution in [0.4, 0.5) is 5.13 Å². The zero-order valence-electron chi connectivity index (χ0n) is 12.4. The fourth-order valence-corrected chi connectivity index (χ4v) is 2.87. The van der Waals surface area contributed by atoms with Gasteiger partial charge < -0.3 is 4.74 Å². The SMILES string of the molecule is COc1ccc(/C=C(\C#N)C(=O)Nc2nnc(C3CC3)s2)cc1. The van der Waals surface area contributed by atoms with Crippen molar-refractivity contribution in [1.29, 1.82) is 5.26 Å². The average molecular weight is 326 g/mol. The maximum absolute atomic E-state index is 12.2. The Bertz CT molecular complexity index is 785. The smallest absolute Gasteiger partial charge is 0.268 e. The maximum atomic E-state index is 12.2. The second-order valence-corrected chi connectivity index (χ2v) is 6.13. The minimum atomic E-state index is -0.484. The van der Waals surface area contributed by atoms with Crippen molar-refractivity contribution in [2.24, 2.45) is 0 Å². The third kappa shape index (κ3) is 3.73. The molecule has 6 nitrogen and oxygen atoms in total. The molecule has 1 aliphatic carbocycles. The van der Waals surface area contributed by atoms with Crippen LogP contribution in [0, 0.1) is 11.3 Å². The Morgan fingerprint density at radius 3 is 2.74 bits per heavy atom. The summed E-state index contributed by atoms with van der Waals surface area (Å²) in [7, 11) is 1.58. The van der Waals surface area contributed by atoms with Gasteiger partial charge in [0.25, 0.3) is 5.91 Å². The molecule has 1 fully saturated rings. The number of anilines is 1. The summed E-state index contributed by atoms with van der Waals surface area (Å²) >= 11 is 1.36. The van der Waals surface area contributed by atoms with Gasteiger partial charge >= 0.3 is 0 Å². The number of amides is 1. The number of rotatable bonds is 5. The van der Waals surface area contributed by atoms with Gasteiger partial charge in [0.1, 0.15) is 22.4 Å². The minimum Gasteiger partial charge on any atom is -0.497 e. The number of methoxy groups -OCH3 is 1. The molecule has 3 rings (SSSR count). The molecule has 7 heteroatoms. The second-order valence-electron chi connectivity index (χ2n) is 5.12. The Hall–Kier alpha value is -2.72. The number of nitrogens with one attached hydrogen (secondary N) is 1. The van der Waals surface area contributed by atoms with E-state index in [1.54, 1.807) is 31.4 Å². The largest absolute Gasteiger partial charge is 0.497 e. The van der Waals surface area contributed by atoms with E-state index in [1.807, 2.05) is 6.07 Å². The number of carbonyl (C=O) groups excluding carboxylic acids is 1. The molecule has 0 unspecified atom stereocenters. The molecule has 0 atom stereocenters. The zero-order valence-corrected chi connectivity index (χ0v) is 13.3. The van der Waals surface area contributed by atoms with Gasteiger partial charge in [-0.3, -0.25) is 10.1 Å². The molecule has 116 valence electrons. The Morgan fingerprint density at radius 2 is 2.13 bits per heavy atom. The van der Waals surface area contributed by atoms with Crippen molar-refractivity contribution in [1.82, 2.24) is 10.2 Å². The molecule has 0 aliphatic heterocycles. The molecular formula is C16H14N4O2S. The van der Waals surface area contributed by atoms with Crippen LogP contribution in [0.5, 0.6) is 5.75 Å². The van der Waals surface area contributed by atoms with E-state index in [1.165, 1.54) is 17.4 Å². The summed E-state index contributed by atoms with van der Waals surface area (Å²) in [5, 5.41) is 21.2. The van der Waals surface area contributed by atoms with Crippen molar-refractivity contribution in [3.05, 3.63) is 40.4 Å². The quantitative estimate of drug-likeness (QED) is 0.674. The third-order valence-corrected chi connectivity index (χ3v) is 4.38. The van der Waals surface area contributed by atoms with Gasteiger partial charge in [0.05, 0.1) is 7.11 Å². The molecule has 0 radical (unpaired) electrons. The van der Waals surface area contributed by atoms with Crippen LogP contribution in [-0.4, -0.2) is 23.2 Å². The first-order chi connectivity index (χ1) is 11.2. The summed E-state index contributed by atoms with van der Waals surface area (Å²) in [6.07, 6.45) is 3.78. The summed E-state index contributed by atoms with van der Waals surface area (Å²) in [5.74, 6) is 0.719. The number of carbonyl (C=O) groups is 1. The van der Waals surface area contributed by atoms with Crippen LogP contribution in [0.2, 0.25) is 0 Å². The summed E-state index contributed by atoms with van der Waals surface area (Å²) in [4.78, 5) is 12.2. The van der Waals surface area contributed by atoms with E-state index < -0.39 is 5.91 Å². The summed E-state index contributed by atoms with van der Waals surface area (Å²) in [5.41, 5.74) is 0.756. The van der Waals surface area contributed by atoms with Crippen molar-refractivity contribution < 1.29 is 9.53 Å². The highest BCUT2D eigenvalue weighted by Gasteiger charge is 2.27. The van der Waals surface area contributed by atoms with Crippen molar-refractivity contribution in [3.63, 3.8) is 0 Å². The van der Waals surface area contributed by atoms with E-state index in [4.69, 9.17) is 4.74 Å². The number of hydrogen-bond acceptors (Lipinski definition) is 6. The normalized spacial score (nSPS) is 14.2. The van der Waals surface area contributed by atoms with Gasteiger partial charge in [0.15, 0.2) is 0 Å². The molecule has 23 heavy (non-hydrogen) atoms. The van der Waals surface area contributed by atoms with Crippen LogP contribution < -0.4 is 10.1 Å². The van der Waals surface area contributed by atoms with E-state index in [-0.39, 0.29) is 5.57 Å². The van der Waals surface area contributed by atoms with E-state index in [2.05, 4.69) is 15.5 Å². The number of hydrogen-bond donors (Lipinski definition) is 1. The van der Waals surface area contributed by atoms with Crippen LogP contribution in [-0.2, 0) is 4.79 Å². The van der Waals surface area contributed by atoms with Gasteiger partial charge in [-0.05, 0) is 36.6 Å². The van der Waals surface area contributed by atoms with Crippen LogP contribution >= 0.6 is 11.3 Å². The molecule has 0 bridgehead atoms. The molecule has 2 aromatic rings. The summed E-state index contributed by atoms with van der Waals surface area (Å²) < 4.78 is 5.07. The monoisotopic (exact) mass is 326 g/mol. The average Bonchev–Trinajstić information content (AvgIpc) is 3.33. The minimum absolute atomic E-state index is 0.0124. The van der Waals surface area contributed by atoms with Crippen molar-refractivity contribution in [2.45, 2.75) is 18.8 Å². The van der Waals surface area contributed by atoms with E-state index in [0.29, 0.717) is 16.8 Å². The van der Waals surface area contributed by atoms with Crippen LogP contribution in [0.1, 0.15) is 29.3 Å². The van der Waals surface area contributed by atoms with Gasteiger partial charge in [-0.2, -0.15) is 5.26 Å². The topological polar surface area (TPSA) is 87.9 Å². The van der Waals surface area contributed by atoms with Crippen LogP contribution in [0.3, 0.4) is 0 Å². The highest BCUT2D eigenvalue weighted by atomic mass is 32.1. The first kappa shape index (κ1) is 15.2. The lowest BCUT2D eigenvalue weighted by Crippen LogP contribution is -2.13. The number of aromatic nitrogens is 2. The molecule has 1 N–H and O–H groups in total. The van der Waals surface area contributed by atoms with Gasteiger partial charge in [-0.1, -0.05) is 23.5 Å². The van der Waals surface area contributed by atoms with E-state index >= 15 is 0 Å². The Labute approximate surface area is 137 Å². The van der Waals surface area contributed by atoms with Gasteiger partial charge in [0, 0.05) is 5.92 Å². The highest BCUT2D eigenvalue weighted by molar-refractivity contribution is 7.15. The van der Waals surface area contributed by atoms with Gasteiger partial charge in [0.2, 0.25) is 5.13 Å². The second kappa shape index (κ2) is 6.58. The van der Waals surface area contributed by atoms with E-state index in [9.17, 15) is 10.1 Å². The molecule has 1 aromatic heterocycles. The Balaban J connectivity index is 1.71. The van der Waals surface area contributed by atoms with Gasteiger partial charge in [-0.15, -0.1) is 10.2 Å².